The Morgan fingerprint density at radius 3 is 2.37 bits per heavy atom. The van der Waals surface area contributed by atoms with Crippen molar-refractivity contribution in [3.05, 3.63) is 63.7 Å². The minimum Gasteiger partial charge on any atom is -0.471 e. The van der Waals surface area contributed by atoms with Gasteiger partial charge in [-0.05, 0) is 18.2 Å². The van der Waals surface area contributed by atoms with Crippen molar-refractivity contribution in [2.45, 2.75) is 46.8 Å². The van der Waals surface area contributed by atoms with Crippen molar-refractivity contribution in [3.63, 3.8) is 0 Å². The Bertz CT molecular complexity index is 1430. The van der Waals surface area contributed by atoms with Crippen LogP contribution in [0.4, 0.5) is 33.6 Å². The van der Waals surface area contributed by atoms with E-state index in [1.54, 1.807) is 0 Å². The van der Waals surface area contributed by atoms with Crippen LogP contribution in [0.2, 0.25) is 10.0 Å². The van der Waals surface area contributed by atoms with Crippen LogP contribution in [-0.2, 0) is 12.7 Å². The minimum absolute atomic E-state index is 0.0197. The first-order valence-electron chi connectivity index (χ1n) is 12.2. The van der Waals surface area contributed by atoms with Crippen molar-refractivity contribution in [2.75, 3.05) is 11.9 Å². The molecule has 3 N–H and O–H groups in total. The maximum absolute atomic E-state index is 13.2. The third kappa shape index (κ3) is 8.85. The summed E-state index contributed by atoms with van der Waals surface area (Å²) < 4.78 is 70.2. The van der Waals surface area contributed by atoms with Gasteiger partial charge in [0.15, 0.2) is 12.3 Å². The number of nitrogens with zero attached hydrogens (tertiary/aromatic N) is 4. The molecule has 41 heavy (non-hydrogen) atoms. The highest BCUT2D eigenvalue weighted by Gasteiger charge is 2.34. The fourth-order valence-electron chi connectivity index (χ4n) is 3.15. The molecule has 0 aliphatic carbocycles. The molecule has 4 aromatic rings. The SMILES string of the molecule is CC.CC.O=C(NCc1ncccc1C(F)(F)F)c1cc2[nH]c(Nc3c(Cl)cncc3Cl)nc2nc1OCC(F)F. The molecular weight excluding hydrogens is 596 g/mol. The normalized spacial score (nSPS) is 10.8. The first-order valence-corrected chi connectivity index (χ1v) is 13.0. The van der Waals surface area contributed by atoms with E-state index in [1.165, 1.54) is 18.5 Å². The summed E-state index contributed by atoms with van der Waals surface area (Å²) in [7, 11) is 0. The van der Waals surface area contributed by atoms with E-state index in [2.05, 4.69) is 35.6 Å². The van der Waals surface area contributed by atoms with Gasteiger partial charge in [-0.15, -0.1) is 0 Å². The number of aromatic amines is 1. The van der Waals surface area contributed by atoms with Gasteiger partial charge in [0.1, 0.15) is 5.56 Å². The first kappa shape index (κ1) is 33.4. The second-order valence-electron chi connectivity index (χ2n) is 7.28. The van der Waals surface area contributed by atoms with Crippen LogP contribution in [0.1, 0.15) is 49.3 Å². The lowest BCUT2D eigenvalue weighted by Crippen LogP contribution is -2.26. The van der Waals surface area contributed by atoms with Crippen LogP contribution >= 0.6 is 23.2 Å². The molecule has 0 unspecified atom stereocenters. The van der Waals surface area contributed by atoms with Gasteiger partial charge in [-0.2, -0.15) is 23.1 Å². The minimum atomic E-state index is -4.69. The topological polar surface area (TPSA) is 118 Å². The number of fused-ring (bicyclic) bond motifs is 1. The van der Waals surface area contributed by atoms with Crippen molar-refractivity contribution < 1.29 is 31.5 Å². The number of imidazole rings is 1. The van der Waals surface area contributed by atoms with Gasteiger partial charge >= 0.3 is 6.18 Å². The zero-order valence-electron chi connectivity index (χ0n) is 22.2. The number of H-pyrrole nitrogens is 1. The monoisotopic (exact) mass is 621 g/mol. The predicted molar refractivity (Wildman–Crippen MR) is 146 cm³/mol. The number of nitrogens with one attached hydrogen (secondary N) is 3. The number of carbonyl (C=O) groups excluding carboxylic acids is 1. The molecule has 0 saturated heterocycles. The summed E-state index contributed by atoms with van der Waals surface area (Å²) in [6.45, 7) is 6.31. The van der Waals surface area contributed by atoms with E-state index in [1.807, 2.05) is 27.7 Å². The molecule has 0 bridgehead atoms. The molecule has 4 aromatic heterocycles. The molecule has 0 spiro atoms. The van der Waals surface area contributed by atoms with E-state index in [0.29, 0.717) is 0 Å². The molecule has 0 aromatic carbocycles. The number of amides is 1. The highest BCUT2D eigenvalue weighted by atomic mass is 35.5. The van der Waals surface area contributed by atoms with E-state index >= 15 is 0 Å². The Balaban J connectivity index is 0.00000141. The van der Waals surface area contributed by atoms with Crippen LogP contribution in [0.25, 0.3) is 11.2 Å². The van der Waals surface area contributed by atoms with Crippen LogP contribution in [-0.4, -0.2) is 43.9 Å². The summed E-state index contributed by atoms with van der Waals surface area (Å²) >= 11 is 12.2. The predicted octanol–water partition coefficient (Wildman–Crippen LogP) is 7.44. The molecule has 222 valence electrons. The standard InChI is InChI=1S/C21H14Cl2F5N7O2.2C2H6/c22-11-5-29-6-12(23)16(11)33-20-32-13-4-9(19(34-17(13)35-20)37-8-15(24)25)18(36)31-7-14-10(21(26,27)28)2-1-3-30-14;2*1-2/h1-6,15H,7-8H2,(H,31,36)(H2,29,32,33,34,35);2*1-2H3. The molecule has 0 saturated carbocycles. The first-order chi connectivity index (χ1) is 19.5. The Hall–Kier alpha value is -3.78. The highest BCUT2D eigenvalue weighted by molar-refractivity contribution is 6.39. The second-order valence-corrected chi connectivity index (χ2v) is 8.10. The quantitative estimate of drug-likeness (QED) is 0.175. The molecular formula is C25H26Cl2F5N7O2. The van der Waals surface area contributed by atoms with E-state index in [0.717, 1.165) is 18.3 Å². The van der Waals surface area contributed by atoms with Gasteiger partial charge in [0.25, 0.3) is 12.3 Å². The van der Waals surface area contributed by atoms with E-state index in [4.69, 9.17) is 27.9 Å². The summed E-state index contributed by atoms with van der Waals surface area (Å²) in [5.74, 6) is -1.36. The molecule has 1 amide bonds. The van der Waals surface area contributed by atoms with Gasteiger partial charge in [0.2, 0.25) is 11.8 Å². The zero-order chi connectivity index (χ0) is 30.7. The lowest BCUT2D eigenvalue weighted by atomic mass is 10.1. The van der Waals surface area contributed by atoms with Crippen LogP contribution < -0.4 is 15.4 Å². The Labute approximate surface area is 241 Å². The van der Waals surface area contributed by atoms with E-state index in [9.17, 15) is 26.7 Å². The van der Waals surface area contributed by atoms with E-state index in [-0.39, 0.29) is 38.4 Å². The maximum Gasteiger partial charge on any atom is 0.418 e. The van der Waals surface area contributed by atoms with Crippen molar-refractivity contribution in [1.82, 2.24) is 30.2 Å². The van der Waals surface area contributed by atoms with Gasteiger partial charge in [0, 0.05) is 18.6 Å². The van der Waals surface area contributed by atoms with Crippen molar-refractivity contribution in [3.8, 4) is 5.88 Å². The number of ether oxygens (including phenoxy) is 1. The van der Waals surface area contributed by atoms with Crippen molar-refractivity contribution in [1.29, 1.82) is 0 Å². The van der Waals surface area contributed by atoms with E-state index < -0.39 is 48.8 Å². The number of aromatic nitrogens is 5. The average molecular weight is 622 g/mol. The third-order valence-corrected chi connectivity index (χ3v) is 5.31. The van der Waals surface area contributed by atoms with Crippen LogP contribution in [0, 0.1) is 0 Å². The fraction of sp³-hybridized carbons (Fsp3) is 0.320. The van der Waals surface area contributed by atoms with Gasteiger partial charge in [-0.25, -0.2) is 8.78 Å². The van der Waals surface area contributed by atoms with Gasteiger partial charge in [-0.3, -0.25) is 14.8 Å². The second kappa shape index (κ2) is 15.3. The van der Waals surface area contributed by atoms with Crippen molar-refractivity contribution >= 4 is 51.9 Å². The number of hydrogen-bond acceptors (Lipinski definition) is 7. The third-order valence-electron chi connectivity index (χ3n) is 4.74. The van der Waals surface area contributed by atoms with Gasteiger partial charge < -0.3 is 20.4 Å². The highest BCUT2D eigenvalue weighted by Crippen LogP contribution is 2.33. The summed E-state index contributed by atoms with van der Waals surface area (Å²) in [4.78, 5) is 31.3. The number of carbonyl (C=O) groups is 1. The molecule has 0 fully saturated rings. The fourth-order valence-corrected chi connectivity index (χ4v) is 3.60. The van der Waals surface area contributed by atoms with Gasteiger partial charge in [-0.1, -0.05) is 50.9 Å². The molecule has 4 rings (SSSR count). The number of anilines is 2. The average Bonchev–Trinajstić information content (AvgIpc) is 3.35. The molecule has 0 aliphatic heterocycles. The number of hydrogen-bond donors (Lipinski definition) is 3. The summed E-state index contributed by atoms with van der Waals surface area (Å²) in [6.07, 6.45) is -3.77. The smallest absolute Gasteiger partial charge is 0.418 e. The number of halogens is 7. The molecule has 0 atom stereocenters. The lowest BCUT2D eigenvalue weighted by Gasteiger charge is -2.13. The van der Waals surface area contributed by atoms with Crippen LogP contribution in [0.15, 0.2) is 36.8 Å². The Morgan fingerprint density at radius 1 is 1.10 bits per heavy atom. The molecule has 0 radical (unpaired) electrons. The summed E-state index contributed by atoms with van der Waals surface area (Å²) in [6, 6.07) is 3.13. The molecule has 0 aliphatic rings. The Morgan fingerprint density at radius 2 is 1.76 bits per heavy atom. The molecule has 4 heterocycles. The summed E-state index contributed by atoms with van der Waals surface area (Å²) in [5.41, 5.74) is -1.38. The zero-order valence-corrected chi connectivity index (χ0v) is 23.7. The van der Waals surface area contributed by atoms with Crippen LogP contribution in [0.5, 0.6) is 5.88 Å². The number of rotatable bonds is 8. The van der Waals surface area contributed by atoms with Crippen LogP contribution in [0.3, 0.4) is 0 Å². The largest absolute Gasteiger partial charge is 0.471 e. The number of pyridine rings is 3. The Kier molecular flexibility index (Phi) is 12.5. The number of alkyl halides is 5. The maximum atomic E-state index is 13.2. The molecule has 16 heteroatoms. The summed E-state index contributed by atoms with van der Waals surface area (Å²) in [5, 5.41) is 5.46. The molecule has 9 nitrogen and oxygen atoms in total. The van der Waals surface area contributed by atoms with Crippen molar-refractivity contribution in [2.24, 2.45) is 0 Å². The lowest BCUT2D eigenvalue weighted by molar-refractivity contribution is -0.138. The van der Waals surface area contributed by atoms with Gasteiger partial charge in [0.05, 0.1) is 39.1 Å².